The molecule has 3 aromatic rings. The summed E-state index contributed by atoms with van der Waals surface area (Å²) in [6.07, 6.45) is 3.27. The molecule has 2 N–H and O–H groups in total. The number of nitrogens with zero attached hydrogens (tertiary/aromatic N) is 1. The highest BCUT2D eigenvalue weighted by Gasteiger charge is 2.24. The molecule has 4 rings (SSSR count). The number of pyridine rings is 1. The van der Waals surface area contributed by atoms with Crippen molar-refractivity contribution in [2.45, 2.75) is 18.1 Å². The third-order valence-electron chi connectivity index (χ3n) is 4.58. The minimum atomic E-state index is -0.239. The van der Waals surface area contributed by atoms with E-state index in [9.17, 15) is 9.59 Å². The van der Waals surface area contributed by atoms with Crippen LogP contribution in [0, 0.1) is 0 Å². The van der Waals surface area contributed by atoms with Crippen LogP contribution in [0.1, 0.15) is 12.0 Å². The molecule has 1 aliphatic heterocycles. The second-order valence-electron chi connectivity index (χ2n) is 6.41. The predicted molar refractivity (Wildman–Crippen MR) is 110 cm³/mol. The van der Waals surface area contributed by atoms with E-state index in [0.29, 0.717) is 0 Å². The molecule has 2 heterocycles. The van der Waals surface area contributed by atoms with Gasteiger partial charge < -0.3 is 10.6 Å². The molecule has 0 spiro atoms. The Bertz CT molecular complexity index is 1000. The molecule has 1 unspecified atom stereocenters. The number of carbonyl (C=O) groups is 2. The summed E-state index contributed by atoms with van der Waals surface area (Å²) in [5, 5.41) is 6.58. The van der Waals surface area contributed by atoms with Crippen LogP contribution in [0.25, 0.3) is 10.9 Å². The molecule has 0 saturated heterocycles. The van der Waals surface area contributed by atoms with Gasteiger partial charge in [0.1, 0.15) is 0 Å². The summed E-state index contributed by atoms with van der Waals surface area (Å²) in [7, 11) is 0. The maximum Gasteiger partial charge on any atom is 0.237 e. The summed E-state index contributed by atoms with van der Waals surface area (Å²) in [5.41, 5.74) is 3.59. The van der Waals surface area contributed by atoms with Crippen molar-refractivity contribution in [2.24, 2.45) is 0 Å². The number of carbonyl (C=O) groups excluding carboxylic acids is 2. The van der Waals surface area contributed by atoms with Gasteiger partial charge in [-0.2, -0.15) is 0 Å². The van der Waals surface area contributed by atoms with Crippen LogP contribution in [-0.4, -0.2) is 27.8 Å². The predicted octanol–water partition coefficient (Wildman–Crippen LogP) is 3.86. The smallest absolute Gasteiger partial charge is 0.237 e. The Hall–Kier alpha value is -2.86. The monoisotopic (exact) mass is 377 g/mol. The maximum atomic E-state index is 12.5. The van der Waals surface area contributed by atoms with Crippen molar-refractivity contribution in [2.75, 3.05) is 16.4 Å². The Morgan fingerprint density at radius 3 is 2.96 bits per heavy atom. The van der Waals surface area contributed by atoms with E-state index in [4.69, 9.17) is 0 Å². The number of aromatic nitrogens is 1. The molecular weight excluding hydrogens is 358 g/mol. The number of para-hydroxylation sites is 1. The standard InChI is InChI=1S/C21H19N3O2S/c25-20(23-18-9-3-8-17-15(18)6-4-12-22-17)13-27-19-11-10-14-5-1-2-7-16(14)24-21(19)26/h1-9,12,19H,10-11,13H2,(H,23,25)(H,24,26). The SMILES string of the molecule is O=C(CSC1CCc2ccccc2NC1=O)Nc1cccc2ncccc12. The minimum absolute atomic E-state index is 0.0351. The van der Waals surface area contributed by atoms with Gasteiger partial charge in [-0.05, 0) is 48.7 Å². The molecule has 1 aromatic heterocycles. The van der Waals surface area contributed by atoms with Crippen molar-refractivity contribution in [3.63, 3.8) is 0 Å². The van der Waals surface area contributed by atoms with Gasteiger partial charge in [0.25, 0.3) is 0 Å². The average Bonchev–Trinajstić information content (AvgIpc) is 2.85. The third-order valence-corrected chi connectivity index (χ3v) is 5.86. The van der Waals surface area contributed by atoms with Gasteiger partial charge in [-0.15, -0.1) is 11.8 Å². The van der Waals surface area contributed by atoms with Gasteiger partial charge in [-0.1, -0.05) is 24.3 Å². The summed E-state index contributed by atoms with van der Waals surface area (Å²) < 4.78 is 0. The highest BCUT2D eigenvalue weighted by Crippen LogP contribution is 2.27. The van der Waals surface area contributed by atoms with Gasteiger partial charge in [0.05, 0.1) is 22.2 Å². The van der Waals surface area contributed by atoms with Gasteiger partial charge in [0, 0.05) is 17.3 Å². The number of benzene rings is 2. The highest BCUT2D eigenvalue weighted by atomic mass is 32.2. The molecular formula is C21H19N3O2S. The van der Waals surface area contributed by atoms with Gasteiger partial charge >= 0.3 is 0 Å². The number of hydrogen-bond acceptors (Lipinski definition) is 4. The fourth-order valence-electron chi connectivity index (χ4n) is 3.23. The number of anilines is 2. The molecule has 5 nitrogen and oxygen atoms in total. The van der Waals surface area contributed by atoms with E-state index in [1.807, 2.05) is 54.6 Å². The minimum Gasteiger partial charge on any atom is -0.325 e. The molecule has 6 heteroatoms. The molecule has 0 radical (unpaired) electrons. The van der Waals surface area contributed by atoms with Gasteiger partial charge in [-0.3, -0.25) is 14.6 Å². The Labute approximate surface area is 161 Å². The lowest BCUT2D eigenvalue weighted by Crippen LogP contribution is -2.26. The normalized spacial score (nSPS) is 16.3. The molecule has 2 aromatic carbocycles. The van der Waals surface area contributed by atoms with Crippen molar-refractivity contribution >= 4 is 45.9 Å². The van der Waals surface area contributed by atoms with E-state index in [1.165, 1.54) is 11.8 Å². The van der Waals surface area contributed by atoms with E-state index >= 15 is 0 Å². The number of hydrogen-bond donors (Lipinski definition) is 2. The zero-order chi connectivity index (χ0) is 18.6. The van der Waals surface area contributed by atoms with Crippen molar-refractivity contribution in [3.05, 3.63) is 66.4 Å². The molecule has 1 aliphatic rings. The molecule has 2 amide bonds. The first-order valence-electron chi connectivity index (χ1n) is 8.85. The highest BCUT2D eigenvalue weighted by molar-refractivity contribution is 8.01. The Morgan fingerprint density at radius 2 is 2.04 bits per heavy atom. The molecule has 0 aliphatic carbocycles. The zero-order valence-electron chi connectivity index (χ0n) is 14.6. The van der Waals surface area contributed by atoms with Crippen LogP contribution in [0.3, 0.4) is 0 Å². The quantitative estimate of drug-likeness (QED) is 0.724. The molecule has 136 valence electrons. The summed E-state index contributed by atoms with van der Waals surface area (Å²) >= 11 is 1.38. The molecule has 27 heavy (non-hydrogen) atoms. The van der Waals surface area contributed by atoms with E-state index in [1.54, 1.807) is 6.20 Å². The Balaban J connectivity index is 1.39. The van der Waals surface area contributed by atoms with Crippen molar-refractivity contribution < 1.29 is 9.59 Å². The van der Waals surface area contributed by atoms with Crippen LogP contribution in [0.5, 0.6) is 0 Å². The third kappa shape index (κ3) is 3.95. The Morgan fingerprint density at radius 1 is 1.15 bits per heavy atom. The van der Waals surface area contributed by atoms with Crippen molar-refractivity contribution in [3.8, 4) is 0 Å². The fourth-order valence-corrected chi connectivity index (χ4v) is 4.14. The number of rotatable bonds is 4. The topological polar surface area (TPSA) is 71.1 Å². The van der Waals surface area contributed by atoms with E-state index in [0.717, 1.165) is 40.7 Å². The van der Waals surface area contributed by atoms with Gasteiger partial charge in [-0.25, -0.2) is 0 Å². The van der Waals surface area contributed by atoms with E-state index < -0.39 is 0 Å². The van der Waals surface area contributed by atoms with E-state index in [2.05, 4.69) is 15.6 Å². The Kier molecular flexibility index (Phi) is 5.07. The van der Waals surface area contributed by atoms with Crippen molar-refractivity contribution in [1.29, 1.82) is 0 Å². The lowest BCUT2D eigenvalue weighted by atomic mass is 10.1. The number of nitrogens with one attached hydrogen (secondary N) is 2. The summed E-state index contributed by atoms with van der Waals surface area (Å²) in [5.74, 6) is 0.0727. The van der Waals surface area contributed by atoms with Crippen LogP contribution in [0.15, 0.2) is 60.8 Å². The first kappa shape index (κ1) is 17.5. The first-order valence-corrected chi connectivity index (χ1v) is 9.89. The zero-order valence-corrected chi connectivity index (χ0v) is 15.5. The molecule has 0 fully saturated rings. The second kappa shape index (κ2) is 7.80. The first-order chi connectivity index (χ1) is 13.2. The van der Waals surface area contributed by atoms with Crippen molar-refractivity contribution in [1.82, 2.24) is 4.98 Å². The fraction of sp³-hybridized carbons (Fsp3) is 0.190. The maximum absolute atomic E-state index is 12.5. The average molecular weight is 377 g/mol. The number of aryl methyl sites for hydroxylation is 1. The number of amides is 2. The molecule has 0 saturated carbocycles. The van der Waals surface area contributed by atoms with Crippen LogP contribution < -0.4 is 10.6 Å². The number of thioether (sulfide) groups is 1. The number of fused-ring (bicyclic) bond motifs is 2. The molecule has 1 atom stereocenters. The second-order valence-corrected chi connectivity index (χ2v) is 7.60. The van der Waals surface area contributed by atoms with Gasteiger partial charge in [0.15, 0.2) is 0 Å². The lowest BCUT2D eigenvalue weighted by molar-refractivity contribution is -0.115. The molecule has 0 bridgehead atoms. The lowest BCUT2D eigenvalue weighted by Gasteiger charge is -2.13. The summed E-state index contributed by atoms with van der Waals surface area (Å²) in [6, 6.07) is 17.3. The van der Waals surface area contributed by atoms with E-state index in [-0.39, 0.29) is 22.8 Å². The van der Waals surface area contributed by atoms with Gasteiger partial charge in [0.2, 0.25) is 11.8 Å². The summed E-state index contributed by atoms with van der Waals surface area (Å²) in [4.78, 5) is 29.2. The van der Waals surface area contributed by atoms with Crippen LogP contribution in [-0.2, 0) is 16.0 Å². The summed E-state index contributed by atoms with van der Waals surface area (Å²) in [6.45, 7) is 0. The largest absolute Gasteiger partial charge is 0.325 e. The van der Waals surface area contributed by atoms with Crippen LogP contribution >= 0.6 is 11.8 Å². The van der Waals surface area contributed by atoms with Crippen LogP contribution in [0.2, 0.25) is 0 Å². The van der Waals surface area contributed by atoms with Crippen LogP contribution in [0.4, 0.5) is 11.4 Å².